The van der Waals surface area contributed by atoms with E-state index < -0.39 is 0 Å². The van der Waals surface area contributed by atoms with Crippen molar-refractivity contribution in [1.29, 1.82) is 0 Å². The Bertz CT molecular complexity index is 187. The molecule has 1 heterocycles. The highest BCUT2D eigenvalue weighted by Gasteiger charge is 1.83. The van der Waals surface area contributed by atoms with Crippen molar-refractivity contribution in [2.45, 2.75) is 19.8 Å². The molecule has 1 aromatic rings. The molecule has 1 N–H and O–H groups in total. The fraction of sp³-hybridized carbons (Fsp3) is 0.375. The van der Waals surface area contributed by atoms with Crippen LogP contribution in [0.3, 0.4) is 0 Å². The van der Waals surface area contributed by atoms with Crippen LogP contribution in [-0.4, -0.2) is 10.2 Å². The number of nitrogens with one attached hydrogen (secondary N) is 1. The van der Waals surface area contributed by atoms with E-state index in [1.165, 1.54) is 6.42 Å². The average molecular weight is 136 g/mol. The largest absolute Gasteiger partial charge is 0.285 e. The number of allylic oxidation sites excluding steroid dienone is 1. The van der Waals surface area contributed by atoms with Crippen LogP contribution in [0, 0.1) is 0 Å². The maximum absolute atomic E-state index is 3.98. The van der Waals surface area contributed by atoms with E-state index >= 15 is 0 Å². The lowest BCUT2D eigenvalue weighted by molar-refractivity contribution is 0.961. The second-order valence-corrected chi connectivity index (χ2v) is 2.19. The number of aromatic nitrogens is 2. The number of rotatable bonds is 3. The zero-order valence-corrected chi connectivity index (χ0v) is 6.17. The number of H-pyrrole nitrogens is 1. The quantitative estimate of drug-likeness (QED) is 0.678. The third-order valence-corrected chi connectivity index (χ3v) is 1.27. The molecule has 0 unspecified atom stereocenters. The van der Waals surface area contributed by atoms with Gasteiger partial charge in [-0.25, -0.2) is 0 Å². The van der Waals surface area contributed by atoms with Crippen LogP contribution in [0.1, 0.15) is 25.5 Å². The fourth-order valence-corrected chi connectivity index (χ4v) is 0.735. The molecular formula is C8H12N2. The predicted octanol–water partition coefficient (Wildman–Crippen LogP) is 2.22. The molecule has 0 atom stereocenters. The fourth-order valence-electron chi connectivity index (χ4n) is 0.735. The molecule has 0 saturated carbocycles. The van der Waals surface area contributed by atoms with Crippen LogP contribution in [-0.2, 0) is 0 Å². The van der Waals surface area contributed by atoms with E-state index in [2.05, 4.69) is 23.2 Å². The molecule has 0 bridgehead atoms. The van der Waals surface area contributed by atoms with Gasteiger partial charge in [-0.15, -0.1) is 0 Å². The third kappa shape index (κ3) is 2.05. The first-order valence-electron chi connectivity index (χ1n) is 3.60. The molecule has 0 aromatic carbocycles. The van der Waals surface area contributed by atoms with E-state index in [1.54, 1.807) is 0 Å². The van der Waals surface area contributed by atoms with Gasteiger partial charge in [0.1, 0.15) is 0 Å². The Labute approximate surface area is 61.0 Å². The number of aromatic amines is 1. The summed E-state index contributed by atoms with van der Waals surface area (Å²) in [4.78, 5) is 0. The summed E-state index contributed by atoms with van der Waals surface area (Å²) < 4.78 is 0. The molecule has 2 nitrogen and oxygen atoms in total. The molecule has 0 aliphatic rings. The van der Waals surface area contributed by atoms with Crippen molar-refractivity contribution < 1.29 is 0 Å². The molecule has 10 heavy (non-hydrogen) atoms. The van der Waals surface area contributed by atoms with Crippen molar-refractivity contribution >= 4 is 6.08 Å². The van der Waals surface area contributed by atoms with Crippen LogP contribution in [0.5, 0.6) is 0 Å². The first-order valence-corrected chi connectivity index (χ1v) is 3.60. The first kappa shape index (κ1) is 7.06. The standard InChI is InChI=1S/C8H12N2/c1-2-3-4-5-8-6-7-9-10-8/h4-7H,2-3H2,1H3,(H,9,10)/b5-4+. The highest BCUT2D eigenvalue weighted by atomic mass is 15.1. The Morgan fingerprint density at radius 1 is 1.70 bits per heavy atom. The van der Waals surface area contributed by atoms with Crippen molar-refractivity contribution in [3.05, 3.63) is 24.0 Å². The molecule has 0 radical (unpaired) electrons. The molecule has 2 heteroatoms. The molecule has 0 fully saturated rings. The molecule has 1 aromatic heterocycles. The number of nitrogens with zero attached hydrogens (tertiary/aromatic N) is 1. The van der Waals surface area contributed by atoms with Crippen LogP contribution in [0.4, 0.5) is 0 Å². The van der Waals surface area contributed by atoms with Gasteiger partial charge in [0, 0.05) is 6.20 Å². The van der Waals surface area contributed by atoms with Gasteiger partial charge in [0.15, 0.2) is 0 Å². The maximum Gasteiger partial charge on any atom is 0.0845 e. The van der Waals surface area contributed by atoms with E-state index in [9.17, 15) is 0 Å². The Kier molecular flexibility index (Phi) is 2.74. The minimum atomic E-state index is 1.01. The summed E-state index contributed by atoms with van der Waals surface area (Å²) in [5.41, 5.74) is 1.01. The number of unbranched alkanes of at least 4 members (excludes halogenated alkanes) is 1. The zero-order chi connectivity index (χ0) is 7.23. The van der Waals surface area contributed by atoms with Gasteiger partial charge in [0.05, 0.1) is 5.69 Å². The van der Waals surface area contributed by atoms with Crippen LogP contribution in [0.15, 0.2) is 18.3 Å². The normalized spacial score (nSPS) is 10.9. The SMILES string of the molecule is CCC/C=C/c1cc[nH]n1. The Hall–Kier alpha value is -1.05. The Morgan fingerprint density at radius 3 is 3.20 bits per heavy atom. The summed E-state index contributed by atoms with van der Waals surface area (Å²) in [5.74, 6) is 0. The molecule has 0 aliphatic carbocycles. The van der Waals surface area contributed by atoms with Crippen molar-refractivity contribution in [3.63, 3.8) is 0 Å². The summed E-state index contributed by atoms with van der Waals surface area (Å²) in [6.45, 7) is 2.16. The predicted molar refractivity (Wildman–Crippen MR) is 42.5 cm³/mol. The lowest BCUT2D eigenvalue weighted by atomic mass is 10.3. The van der Waals surface area contributed by atoms with E-state index in [1.807, 2.05) is 18.3 Å². The summed E-state index contributed by atoms with van der Waals surface area (Å²) in [6.07, 6.45) is 8.32. The topological polar surface area (TPSA) is 28.7 Å². The van der Waals surface area contributed by atoms with Gasteiger partial charge in [0.25, 0.3) is 0 Å². The minimum absolute atomic E-state index is 1.01. The molecule has 54 valence electrons. The smallest absolute Gasteiger partial charge is 0.0845 e. The molecule has 0 aliphatic heterocycles. The summed E-state index contributed by atoms with van der Waals surface area (Å²) >= 11 is 0. The van der Waals surface area contributed by atoms with E-state index in [0.717, 1.165) is 12.1 Å². The molecule has 1 rings (SSSR count). The minimum Gasteiger partial charge on any atom is -0.285 e. The molecule has 0 amide bonds. The van der Waals surface area contributed by atoms with E-state index in [0.29, 0.717) is 0 Å². The van der Waals surface area contributed by atoms with Crippen LogP contribution < -0.4 is 0 Å². The molecular weight excluding hydrogens is 124 g/mol. The molecule has 0 spiro atoms. The van der Waals surface area contributed by atoms with Gasteiger partial charge in [-0.1, -0.05) is 19.4 Å². The second-order valence-electron chi connectivity index (χ2n) is 2.19. The van der Waals surface area contributed by atoms with Gasteiger partial charge in [-0.2, -0.15) is 5.10 Å². The number of hydrogen-bond donors (Lipinski definition) is 1. The van der Waals surface area contributed by atoms with Gasteiger partial charge in [0.2, 0.25) is 0 Å². The summed E-state index contributed by atoms with van der Waals surface area (Å²) in [7, 11) is 0. The maximum atomic E-state index is 3.98. The Morgan fingerprint density at radius 2 is 2.60 bits per heavy atom. The van der Waals surface area contributed by atoms with Crippen molar-refractivity contribution in [2.75, 3.05) is 0 Å². The van der Waals surface area contributed by atoms with Crippen molar-refractivity contribution in [3.8, 4) is 0 Å². The molecule has 0 saturated heterocycles. The van der Waals surface area contributed by atoms with E-state index in [-0.39, 0.29) is 0 Å². The lowest BCUT2D eigenvalue weighted by Crippen LogP contribution is -1.69. The third-order valence-electron chi connectivity index (χ3n) is 1.27. The van der Waals surface area contributed by atoms with Gasteiger partial charge in [-0.05, 0) is 18.6 Å². The summed E-state index contributed by atoms with van der Waals surface area (Å²) in [6, 6.07) is 1.95. The van der Waals surface area contributed by atoms with Gasteiger partial charge >= 0.3 is 0 Å². The number of hydrogen-bond acceptors (Lipinski definition) is 1. The summed E-state index contributed by atoms with van der Waals surface area (Å²) in [5, 5.41) is 6.73. The van der Waals surface area contributed by atoms with Crippen LogP contribution in [0.2, 0.25) is 0 Å². The average Bonchev–Trinajstić information content (AvgIpc) is 2.41. The highest BCUT2D eigenvalue weighted by Crippen LogP contribution is 1.97. The first-order chi connectivity index (χ1) is 4.93. The second kappa shape index (κ2) is 3.88. The monoisotopic (exact) mass is 136 g/mol. The Balaban J connectivity index is 2.40. The van der Waals surface area contributed by atoms with Crippen LogP contribution >= 0.6 is 0 Å². The van der Waals surface area contributed by atoms with Crippen LogP contribution in [0.25, 0.3) is 6.08 Å². The van der Waals surface area contributed by atoms with Crippen molar-refractivity contribution in [1.82, 2.24) is 10.2 Å². The van der Waals surface area contributed by atoms with Crippen molar-refractivity contribution in [2.24, 2.45) is 0 Å². The lowest BCUT2D eigenvalue weighted by Gasteiger charge is -1.81. The van der Waals surface area contributed by atoms with Gasteiger partial charge in [-0.3, -0.25) is 5.10 Å². The zero-order valence-electron chi connectivity index (χ0n) is 6.17. The van der Waals surface area contributed by atoms with Gasteiger partial charge < -0.3 is 0 Å². The van der Waals surface area contributed by atoms with E-state index in [4.69, 9.17) is 0 Å². The highest BCUT2D eigenvalue weighted by molar-refractivity contribution is 5.42.